The van der Waals surface area contributed by atoms with Crippen molar-refractivity contribution in [2.24, 2.45) is 0 Å². The van der Waals surface area contributed by atoms with Crippen LogP contribution in [-0.4, -0.2) is 61.4 Å². The highest BCUT2D eigenvalue weighted by Crippen LogP contribution is 2.42. The SMILES string of the molecule is Cc1cccc([C@]23CCN(C(=O)c4ccc(OCCOC(F)(F)F)c(C)c4)CC2OCO3)n1. The molecular formula is C23H25F3N2O5. The number of benzene rings is 1. The van der Waals surface area contributed by atoms with Gasteiger partial charge in [-0.3, -0.25) is 14.5 Å². The van der Waals surface area contributed by atoms with E-state index in [2.05, 4.69) is 9.72 Å². The van der Waals surface area contributed by atoms with Crippen LogP contribution in [0.4, 0.5) is 13.2 Å². The number of aromatic nitrogens is 1. The van der Waals surface area contributed by atoms with E-state index in [9.17, 15) is 18.0 Å². The molecule has 4 rings (SSSR count). The molecule has 178 valence electrons. The maximum absolute atomic E-state index is 13.1. The summed E-state index contributed by atoms with van der Waals surface area (Å²) in [4.78, 5) is 19.5. The van der Waals surface area contributed by atoms with Crippen LogP contribution in [-0.2, 0) is 19.8 Å². The number of hydrogen-bond donors (Lipinski definition) is 0. The predicted octanol–water partition coefficient (Wildman–Crippen LogP) is 3.73. The summed E-state index contributed by atoms with van der Waals surface area (Å²) in [6.45, 7) is 3.76. The Balaban J connectivity index is 1.40. The highest BCUT2D eigenvalue weighted by molar-refractivity contribution is 5.94. The van der Waals surface area contributed by atoms with E-state index >= 15 is 0 Å². The molecule has 2 atom stereocenters. The van der Waals surface area contributed by atoms with Crippen LogP contribution in [0.15, 0.2) is 36.4 Å². The number of carbonyl (C=O) groups is 1. The number of rotatable bonds is 6. The zero-order valence-electron chi connectivity index (χ0n) is 18.4. The average Bonchev–Trinajstić information content (AvgIpc) is 3.21. The number of alkyl halides is 3. The summed E-state index contributed by atoms with van der Waals surface area (Å²) in [6.07, 6.45) is -4.47. The van der Waals surface area contributed by atoms with Crippen molar-refractivity contribution >= 4 is 5.91 Å². The van der Waals surface area contributed by atoms with Crippen LogP contribution in [0.1, 0.15) is 33.7 Å². The molecule has 3 heterocycles. The van der Waals surface area contributed by atoms with Gasteiger partial charge in [0.15, 0.2) is 0 Å². The predicted molar refractivity (Wildman–Crippen MR) is 111 cm³/mol. The molecule has 10 heteroatoms. The third kappa shape index (κ3) is 5.13. The van der Waals surface area contributed by atoms with E-state index in [1.165, 1.54) is 0 Å². The second-order valence-corrected chi connectivity index (χ2v) is 8.10. The number of halogens is 3. The van der Waals surface area contributed by atoms with Gasteiger partial charge in [-0.05, 0) is 49.7 Å². The summed E-state index contributed by atoms with van der Waals surface area (Å²) in [5.74, 6) is 0.236. The van der Waals surface area contributed by atoms with Crippen LogP contribution in [0.2, 0.25) is 0 Å². The smallest absolute Gasteiger partial charge is 0.491 e. The van der Waals surface area contributed by atoms with E-state index in [0.717, 1.165) is 11.4 Å². The molecular weight excluding hydrogens is 441 g/mol. The fourth-order valence-corrected chi connectivity index (χ4v) is 4.24. The fourth-order valence-electron chi connectivity index (χ4n) is 4.24. The van der Waals surface area contributed by atoms with E-state index in [1.54, 1.807) is 30.0 Å². The Morgan fingerprint density at radius 3 is 2.79 bits per heavy atom. The molecule has 0 bridgehead atoms. The lowest BCUT2D eigenvalue weighted by molar-refractivity contribution is -0.325. The van der Waals surface area contributed by atoms with Gasteiger partial charge in [0.25, 0.3) is 5.91 Å². The van der Waals surface area contributed by atoms with Crippen LogP contribution in [0, 0.1) is 13.8 Å². The topological polar surface area (TPSA) is 70.1 Å². The molecule has 0 spiro atoms. The number of pyridine rings is 1. The first-order chi connectivity index (χ1) is 15.7. The lowest BCUT2D eigenvalue weighted by Crippen LogP contribution is -2.53. The number of amides is 1. The van der Waals surface area contributed by atoms with E-state index in [1.807, 2.05) is 25.1 Å². The summed E-state index contributed by atoms with van der Waals surface area (Å²) in [7, 11) is 0. The molecule has 7 nitrogen and oxygen atoms in total. The van der Waals surface area contributed by atoms with Crippen molar-refractivity contribution in [1.82, 2.24) is 9.88 Å². The van der Waals surface area contributed by atoms with Crippen molar-refractivity contribution in [2.75, 3.05) is 33.1 Å². The molecule has 1 aromatic heterocycles. The van der Waals surface area contributed by atoms with Crippen molar-refractivity contribution < 1.29 is 36.9 Å². The Kier molecular flexibility index (Phi) is 6.60. The molecule has 2 aromatic rings. The van der Waals surface area contributed by atoms with Crippen LogP contribution >= 0.6 is 0 Å². The van der Waals surface area contributed by atoms with Crippen LogP contribution in [0.5, 0.6) is 5.75 Å². The minimum absolute atomic E-state index is 0.144. The normalized spacial score (nSPS) is 22.8. The summed E-state index contributed by atoms with van der Waals surface area (Å²) in [5, 5.41) is 0. The molecule has 2 aliphatic heterocycles. The Hall–Kier alpha value is -2.69. The Labute approximate surface area is 189 Å². The molecule has 0 saturated carbocycles. The summed E-state index contributed by atoms with van der Waals surface area (Å²) < 4.78 is 57.1. The third-order valence-corrected chi connectivity index (χ3v) is 5.88. The number of likely N-dealkylation sites (tertiary alicyclic amines) is 1. The largest absolute Gasteiger partial charge is 0.522 e. The number of aryl methyl sites for hydroxylation is 2. The average molecular weight is 466 g/mol. The van der Waals surface area contributed by atoms with Gasteiger partial charge in [0.05, 0.1) is 18.8 Å². The fraction of sp³-hybridized carbons (Fsp3) is 0.478. The Morgan fingerprint density at radius 1 is 1.24 bits per heavy atom. The van der Waals surface area contributed by atoms with E-state index < -0.39 is 18.6 Å². The molecule has 2 aliphatic rings. The molecule has 1 aromatic carbocycles. The van der Waals surface area contributed by atoms with Crippen LogP contribution in [0.3, 0.4) is 0 Å². The Morgan fingerprint density at radius 2 is 2.06 bits per heavy atom. The first kappa shape index (κ1) is 23.5. The molecule has 2 saturated heterocycles. The number of piperidine rings is 1. The summed E-state index contributed by atoms with van der Waals surface area (Å²) in [5.41, 5.74) is 2.13. The lowest BCUT2D eigenvalue weighted by Gasteiger charge is -2.41. The van der Waals surface area contributed by atoms with Gasteiger partial charge in [-0.1, -0.05) is 6.07 Å². The minimum Gasteiger partial charge on any atom is -0.491 e. The highest BCUT2D eigenvalue weighted by atomic mass is 19.4. The van der Waals surface area contributed by atoms with Crippen molar-refractivity contribution in [3.8, 4) is 5.75 Å². The van der Waals surface area contributed by atoms with Crippen molar-refractivity contribution in [3.63, 3.8) is 0 Å². The van der Waals surface area contributed by atoms with E-state index in [4.69, 9.17) is 14.2 Å². The second kappa shape index (κ2) is 9.28. The molecule has 1 amide bonds. The summed E-state index contributed by atoms with van der Waals surface area (Å²) in [6, 6.07) is 10.6. The molecule has 33 heavy (non-hydrogen) atoms. The Bertz CT molecular complexity index is 1020. The van der Waals surface area contributed by atoms with Crippen molar-refractivity contribution in [2.45, 2.75) is 38.3 Å². The van der Waals surface area contributed by atoms with Gasteiger partial charge in [-0.2, -0.15) is 0 Å². The number of carbonyl (C=O) groups excluding carboxylic acids is 1. The molecule has 2 fully saturated rings. The quantitative estimate of drug-likeness (QED) is 0.605. The first-order valence-electron chi connectivity index (χ1n) is 10.6. The molecule has 0 N–H and O–H groups in total. The standard InChI is InChI=1S/C23H25F3N2O5/c1-15-12-17(6-7-18(15)30-10-11-32-23(24,25)26)21(29)28-9-8-22(20(13-28)31-14-33-22)19-5-3-4-16(2)27-19/h3-7,12,20H,8-11,13-14H2,1-2H3/t20?,22-/m1/s1. The summed E-state index contributed by atoms with van der Waals surface area (Å²) >= 11 is 0. The first-order valence-corrected chi connectivity index (χ1v) is 10.6. The zero-order valence-corrected chi connectivity index (χ0v) is 18.4. The van der Waals surface area contributed by atoms with Crippen molar-refractivity contribution in [3.05, 3.63) is 58.9 Å². The number of hydrogen-bond acceptors (Lipinski definition) is 6. The maximum Gasteiger partial charge on any atom is 0.522 e. The molecule has 1 unspecified atom stereocenters. The maximum atomic E-state index is 13.1. The lowest BCUT2D eigenvalue weighted by atomic mass is 9.84. The van der Waals surface area contributed by atoms with Gasteiger partial charge in [0.1, 0.15) is 30.9 Å². The molecule has 0 radical (unpaired) electrons. The molecule has 0 aliphatic carbocycles. The second-order valence-electron chi connectivity index (χ2n) is 8.10. The van der Waals surface area contributed by atoms with Crippen molar-refractivity contribution in [1.29, 1.82) is 0 Å². The van der Waals surface area contributed by atoms with Crippen LogP contribution in [0.25, 0.3) is 0 Å². The number of nitrogens with zero attached hydrogens (tertiary/aromatic N) is 2. The van der Waals surface area contributed by atoms with Crippen LogP contribution < -0.4 is 4.74 Å². The van der Waals surface area contributed by atoms with Gasteiger partial charge >= 0.3 is 6.36 Å². The highest BCUT2D eigenvalue weighted by Gasteiger charge is 2.52. The van der Waals surface area contributed by atoms with E-state index in [-0.39, 0.29) is 25.4 Å². The number of fused-ring (bicyclic) bond motifs is 1. The van der Waals surface area contributed by atoms with E-state index in [0.29, 0.717) is 36.4 Å². The van der Waals surface area contributed by atoms with Gasteiger partial charge < -0.3 is 19.1 Å². The zero-order chi connectivity index (χ0) is 23.6. The third-order valence-electron chi connectivity index (χ3n) is 5.88. The van der Waals surface area contributed by atoms with Gasteiger partial charge in [-0.15, -0.1) is 13.2 Å². The number of ether oxygens (including phenoxy) is 4. The monoisotopic (exact) mass is 466 g/mol. The van der Waals surface area contributed by atoms with Gasteiger partial charge in [-0.25, -0.2) is 0 Å². The minimum atomic E-state index is -4.69. The van der Waals surface area contributed by atoms with Gasteiger partial charge in [0, 0.05) is 24.2 Å². The van der Waals surface area contributed by atoms with Gasteiger partial charge in [0.2, 0.25) is 0 Å².